The smallest absolute Gasteiger partial charge is 0.338 e. The number of hydrogen-bond donors (Lipinski definition) is 2. The van der Waals surface area contributed by atoms with Crippen molar-refractivity contribution in [1.29, 1.82) is 0 Å². The van der Waals surface area contributed by atoms with Crippen molar-refractivity contribution in [2.24, 2.45) is 10.8 Å². The second kappa shape index (κ2) is 4.44. The van der Waals surface area contributed by atoms with E-state index >= 15 is 0 Å². The summed E-state index contributed by atoms with van der Waals surface area (Å²) in [6.45, 7) is 8.85. The first-order valence-corrected chi connectivity index (χ1v) is 7.62. The molecule has 19 heavy (non-hydrogen) atoms. The Morgan fingerprint density at radius 1 is 1.26 bits per heavy atom. The van der Waals surface area contributed by atoms with Crippen molar-refractivity contribution < 1.29 is 9.90 Å². The summed E-state index contributed by atoms with van der Waals surface area (Å²) in [5.74, 6) is -0.872. The van der Waals surface area contributed by atoms with Crippen LogP contribution in [0.15, 0.2) is 23.1 Å². The van der Waals surface area contributed by atoms with E-state index in [2.05, 4.69) is 33.0 Å². The molecule has 4 heteroatoms. The molecule has 0 aliphatic heterocycles. The molecule has 0 atom stereocenters. The quantitative estimate of drug-likeness (QED) is 0.819. The van der Waals surface area contributed by atoms with Gasteiger partial charge in [0.15, 0.2) is 0 Å². The SMILES string of the molecule is CSc1cccc(NC2C(C)(C)C2(C)C)c1C(=O)O. The van der Waals surface area contributed by atoms with Gasteiger partial charge in [0.1, 0.15) is 0 Å². The van der Waals surface area contributed by atoms with Crippen LogP contribution in [0.5, 0.6) is 0 Å². The van der Waals surface area contributed by atoms with Crippen molar-refractivity contribution in [1.82, 2.24) is 0 Å². The summed E-state index contributed by atoms with van der Waals surface area (Å²) in [5.41, 5.74) is 1.47. The first kappa shape index (κ1) is 14.3. The lowest BCUT2D eigenvalue weighted by Gasteiger charge is -2.13. The first-order chi connectivity index (χ1) is 8.73. The van der Waals surface area contributed by atoms with E-state index in [1.807, 2.05) is 24.5 Å². The highest BCUT2D eigenvalue weighted by Gasteiger charge is 2.65. The second-order valence-corrected chi connectivity index (χ2v) is 7.06. The Hall–Kier alpha value is -1.16. The molecular weight excluding hydrogens is 258 g/mol. The Morgan fingerprint density at radius 2 is 1.84 bits per heavy atom. The molecule has 0 spiro atoms. The predicted octanol–water partition coefficient (Wildman–Crippen LogP) is 3.95. The number of carbonyl (C=O) groups is 1. The van der Waals surface area contributed by atoms with Crippen molar-refractivity contribution >= 4 is 23.4 Å². The summed E-state index contributed by atoms with van der Waals surface area (Å²) in [6.07, 6.45) is 1.90. The number of hydrogen-bond acceptors (Lipinski definition) is 3. The fourth-order valence-corrected chi connectivity index (χ4v) is 3.37. The monoisotopic (exact) mass is 279 g/mol. The third kappa shape index (κ3) is 2.12. The van der Waals surface area contributed by atoms with Gasteiger partial charge in [0.25, 0.3) is 0 Å². The number of nitrogens with one attached hydrogen (secondary N) is 1. The Bertz CT molecular complexity index is 509. The van der Waals surface area contributed by atoms with Gasteiger partial charge in [-0.3, -0.25) is 0 Å². The molecule has 104 valence electrons. The van der Waals surface area contributed by atoms with Gasteiger partial charge >= 0.3 is 5.97 Å². The number of thioether (sulfide) groups is 1. The van der Waals surface area contributed by atoms with E-state index in [9.17, 15) is 9.90 Å². The van der Waals surface area contributed by atoms with Crippen LogP contribution in [0.2, 0.25) is 0 Å². The van der Waals surface area contributed by atoms with E-state index in [1.165, 1.54) is 11.8 Å². The van der Waals surface area contributed by atoms with Crippen molar-refractivity contribution in [3.63, 3.8) is 0 Å². The first-order valence-electron chi connectivity index (χ1n) is 6.40. The minimum atomic E-state index is -0.872. The highest BCUT2D eigenvalue weighted by atomic mass is 32.2. The minimum Gasteiger partial charge on any atom is -0.478 e. The van der Waals surface area contributed by atoms with Crippen LogP contribution in [0.3, 0.4) is 0 Å². The number of anilines is 1. The van der Waals surface area contributed by atoms with Gasteiger partial charge in [-0.25, -0.2) is 4.79 Å². The van der Waals surface area contributed by atoms with Gasteiger partial charge in [-0.05, 0) is 29.2 Å². The van der Waals surface area contributed by atoms with Gasteiger partial charge in [-0.15, -0.1) is 11.8 Å². The van der Waals surface area contributed by atoms with Crippen LogP contribution >= 0.6 is 11.8 Å². The number of carboxylic acids is 1. The molecule has 1 aliphatic rings. The zero-order valence-corrected chi connectivity index (χ0v) is 12.9. The summed E-state index contributed by atoms with van der Waals surface area (Å²) in [5, 5.41) is 12.8. The van der Waals surface area contributed by atoms with Crippen molar-refractivity contribution in [2.75, 3.05) is 11.6 Å². The molecule has 1 aromatic rings. The van der Waals surface area contributed by atoms with Gasteiger partial charge in [0.05, 0.1) is 11.3 Å². The van der Waals surface area contributed by atoms with E-state index in [0.717, 1.165) is 10.6 Å². The largest absolute Gasteiger partial charge is 0.478 e. The fourth-order valence-electron chi connectivity index (χ4n) is 2.75. The molecule has 3 nitrogen and oxygen atoms in total. The van der Waals surface area contributed by atoms with Gasteiger partial charge in [-0.2, -0.15) is 0 Å². The van der Waals surface area contributed by atoms with Crippen molar-refractivity contribution in [2.45, 2.75) is 38.6 Å². The summed E-state index contributed by atoms with van der Waals surface area (Å²) < 4.78 is 0. The maximum Gasteiger partial charge on any atom is 0.338 e. The van der Waals surface area contributed by atoms with E-state index in [0.29, 0.717) is 11.6 Å². The highest BCUT2D eigenvalue weighted by molar-refractivity contribution is 7.98. The van der Waals surface area contributed by atoms with E-state index in [1.54, 1.807) is 0 Å². The molecule has 0 radical (unpaired) electrons. The number of aromatic carboxylic acids is 1. The molecule has 1 aromatic carbocycles. The van der Waals surface area contributed by atoms with Gasteiger partial charge in [0.2, 0.25) is 0 Å². The number of rotatable bonds is 4. The molecule has 0 unspecified atom stereocenters. The lowest BCUT2D eigenvalue weighted by molar-refractivity contribution is 0.0694. The molecule has 0 aromatic heterocycles. The van der Waals surface area contributed by atoms with E-state index in [4.69, 9.17) is 0 Å². The third-order valence-electron chi connectivity index (χ3n) is 4.78. The van der Waals surface area contributed by atoms with Crippen molar-refractivity contribution in [3.05, 3.63) is 23.8 Å². The molecular formula is C15H21NO2S. The second-order valence-electron chi connectivity index (χ2n) is 6.21. The standard InChI is InChI=1S/C15H21NO2S/c1-14(2)13(15(14,3)4)16-9-7-6-8-10(19-5)11(9)12(17)18/h6-8,13,16H,1-5H3,(H,17,18). The van der Waals surface area contributed by atoms with Crippen LogP contribution < -0.4 is 5.32 Å². The van der Waals surface area contributed by atoms with Crippen LogP contribution in [-0.4, -0.2) is 23.4 Å². The van der Waals surface area contributed by atoms with E-state index in [-0.39, 0.29) is 10.8 Å². The third-order valence-corrected chi connectivity index (χ3v) is 5.56. The van der Waals surface area contributed by atoms with Crippen molar-refractivity contribution in [3.8, 4) is 0 Å². The summed E-state index contributed by atoms with van der Waals surface area (Å²) in [7, 11) is 0. The Kier molecular flexibility index (Phi) is 3.33. The molecule has 2 rings (SSSR count). The van der Waals surface area contributed by atoms with Gasteiger partial charge < -0.3 is 10.4 Å². The fraction of sp³-hybridized carbons (Fsp3) is 0.533. The Balaban J connectivity index is 2.35. The molecule has 0 bridgehead atoms. The van der Waals surface area contributed by atoms with Crippen LogP contribution in [0.25, 0.3) is 0 Å². The Labute approximate surface area is 118 Å². The number of benzene rings is 1. The molecule has 0 amide bonds. The maximum atomic E-state index is 11.5. The van der Waals surface area contributed by atoms with Crippen LogP contribution in [0, 0.1) is 10.8 Å². The van der Waals surface area contributed by atoms with E-state index < -0.39 is 5.97 Å². The zero-order valence-electron chi connectivity index (χ0n) is 12.1. The maximum absolute atomic E-state index is 11.5. The van der Waals surface area contributed by atoms with Crippen LogP contribution in [0.1, 0.15) is 38.1 Å². The van der Waals surface area contributed by atoms with Gasteiger partial charge in [0, 0.05) is 10.9 Å². The Morgan fingerprint density at radius 3 is 2.26 bits per heavy atom. The summed E-state index contributed by atoms with van der Waals surface area (Å²) >= 11 is 1.46. The van der Waals surface area contributed by atoms with Crippen LogP contribution in [-0.2, 0) is 0 Å². The average molecular weight is 279 g/mol. The topological polar surface area (TPSA) is 49.3 Å². The highest BCUT2D eigenvalue weighted by Crippen LogP contribution is 2.63. The lowest BCUT2D eigenvalue weighted by Crippen LogP contribution is -2.14. The summed E-state index contributed by atoms with van der Waals surface area (Å²) in [6, 6.07) is 5.91. The molecule has 0 saturated heterocycles. The molecule has 1 saturated carbocycles. The molecule has 1 fully saturated rings. The summed E-state index contributed by atoms with van der Waals surface area (Å²) in [4.78, 5) is 12.3. The number of carboxylic acid groups (broad SMARTS) is 1. The predicted molar refractivity (Wildman–Crippen MR) is 80.2 cm³/mol. The lowest BCUT2D eigenvalue weighted by atomic mass is 10.0. The molecule has 1 aliphatic carbocycles. The molecule has 2 N–H and O–H groups in total. The minimum absolute atomic E-state index is 0.179. The van der Waals surface area contributed by atoms with Gasteiger partial charge in [-0.1, -0.05) is 33.8 Å². The molecule has 0 heterocycles. The average Bonchev–Trinajstić information content (AvgIpc) is 2.71. The zero-order chi connectivity index (χ0) is 14.4. The normalized spacial score (nSPS) is 20.1. The van der Waals surface area contributed by atoms with Crippen LogP contribution in [0.4, 0.5) is 5.69 Å².